The Morgan fingerprint density at radius 2 is 1.95 bits per heavy atom. The summed E-state index contributed by atoms with van der Waals surface area (Å²) < 4.78 is 5.30. The van der Waals surface area contributed by atoms with Crippen molar-refractivity contribution in [1.82, 2.24) is 21.1 Å². The normalized spacial score (nSPS) is 10.2. The second-order valence-electron chi connectivity index (χ2n) is 4.83. The van der Waals surface area contributed by atoms with Crippen LogP contribution in [0.25, 0.3) is 0 Å². The van der Waals surface area contributed by atoms with E-state index >= 15 is 0 Å². The molecule has 0 fully saturated rings. The summed E-state index contributed by atoms with van der Waals surface area (Å²) in [5.41, 5.74) is 5.08. The molecule has 8 heteroatoms. The zero-order valence-corrected chi connectivity index (χ0v) is 14.3. The van der Waals surface area contributed by atoms with Gasteiger partial charge in [0, 0.05) is 11.6 Å². The van der Waals surface area contributed by atoms with Gasteiger partial charge in [0.25, 0.3) is 5.91 Å². The quantitative estimate of drug-likeness (QED) is 0.392. The Morgan fingerprint density at radius 1 is 1.27 bits per heavy atom. The van der Waals surface area contributed by atoms with E-state index < -0.39 is 0 Å². The summed E-state index contributed by atoms with van der Waals surface area (Å²) in [6.45, 7) is 1.59. The molecule has 0 heterocycles. The molecule has 0 aliphatic carbocycles. The number of carbonyl (C=O) groups is 1. The van der Waals surface area contributed by atoms with Gasteiger partial charge in [-0.2, -0.15) is 0 Å². The molecule has 122 valence electrons. The number of amides is 1. The maximum absolute atomic E-state index is 11.6. The van der Waals surface area contributed by atoms with Gasteiger partial charge in [0.1, 0.15) is 5.75 Å². The lowest BCUT2D eigenvalue weighted by Gasteiger charge is -2.13. The fraction of sp³-hybridized carbons (Fsp3) is 0.429. The highest BCUT2D eigenvalue weighted by atomic mass is 35.5. The molecule has 0 atom stereocenters. The Kier molecular flexibility index (Phi) is 8.57. The number of nitrogens with zero attached hydrogens (tertiary/aromatic N) is 1. The second kappa shape index (κ2) is 10.2. The van der Waals surface area contributed by atoms with Crippen molar-refractivity contribution in [2.45, 2.75) is 6.42 Å². The second-order valence-corrected chi connectivity index (χ2v) is 5.67. The Balaban J connectivity index is 2.12. The standard InChI is InChI=1S/C14H21ClN4O2S/c1-19(2)9-3-8-16-14(22)18-17-13(20)10-21-12-6-4-11(15)5-7-12/h4-7H,3,8-10H2,1-2H3,(H,17,20)(H2,16,18,22). The topological polar surface area (TPSA) is 65.6 Å². The van der Waals surface area contributed by atoms with Crippen LogP contribution in [0.2, 0.25) is 5.02 Å². The third-order valence-corrected chi connectivity index (χ3v) is 3.07. The van der Waals surface area contributed by atoms with Gasteiger partial charge < -0.3 is 15.0 Å². The van der Waals surface area contributed by atoms with E-state index in [4.69, 9.17) is 28.6 Å². The van der Waals surface area contributed by atoms with E-state index in [9.17, 15) is 4.79 Å². The van der Waals surface area contributed by atoms with E-state index in [1.165, 1.54) is 0 Å². The van der Waals surface area contributed by atoms with Crippen LogP contribution >= 0.6 is 23.8 Å². The van der Waals surface area contributed by atoms with E-state index in [2.05, 4.69) is 21.1 Å². The van der Waals surface area contributed by atoms with Crippen LogP contribution < -0.4 is 20.9 Å². The minimum atomic E-state index is -0.326. The SMILES string of the molecule is CN(C)CCCNC(=S)NNC(=O)COc1ccc(Cl)cc1. The highest BCUT2D eigenvalue weighted by Crippen LogP contribution is 2.15. The molecule has 0 saturated heterocycles. The summed E-state index contributed by atoms with van der Waals surface area (Å²) >= 11 is 10.8. The highest BCUT2D eigenvalue weighted by molar-refractivity contribution is 7.80. The van der Waals surface area contributed by atoms with Gasteiger partial charge in [-0.05, 0) is 63.5 Å². The molecule has 0 saturated carbocycles. The molecule has 0 aliphatic rings. The molecule has 0 radical (unpaired) electrons. The molecular formula is C14H21ClN4O2S. The zero-order valence-electron chi connectivity index (χ0n) is 12.7. The number of hydrogen-bond acceptors (Lipinski definition) is 4. The van der Waals surface area contributed by atoms with Gasteiger partial charge in [0.05, 0.1) is 0 Å². The molecule has 0 spiro atoms. The molecule has 0 aromatic heterocycles. The molecular weight excluding hydrogens is 324 g/mol. The third-order valence-electron chi connectivity index (χ3n) is 2.57. The number of halogens is 1. The van der Waals surface area contributed by atoms with Crippen molar-refractivity contribution in [3.8, 4) is 5.75 Å². The monoisotopic (exact) mass is 344 g/mol. The molecule has 1 aromatic carbocycles. The van der Waals surface area contributed by atoms with Crippen LogP contribution in [-0.4, -0.2) is 49.7 Å². The Bertz CT molecular complexity index is 482. The number of benzene rings is 1. The minimum absolute atomic E-state index is 0.113. The molecule has 6 nitrogen and oxygen atoms in total. The van der Waals surface area contributed by atoms with Crippen molar-refractivity contribution < 1.29 is 9.53 Å². The molecule has 0 aliphatic heterocycles. The number of carbonyl (C=O) groups excluding carboxylic acids is 1. The number of thiocarbonyl (C=S) groups is 1. The smallest absolute Gasteiger partial charge is 0.276 e. The number of rotatable bonds is 7. The Morgan fingerprint density at radius 3 is 2.59 bits per heavy atom. The average Bonchev–Trinajstić information content (AvgIpc) is 2.48. The maximum Gasteiger partial charge on any atom is 0.276 e. The van der Waals surface area contributed by atoms with Crippen LogP contribution in [0.3, 0.4) is 0 Å². The van der Waals surface area contributed by atoms with E-state index in [1.807, 2.05) is 14.1 Å². The van der Waals surface area contributed by atoms with Gasteiger partial charge in [-0.1, -0.05) is 11.6 Å². The summed E-state index contributed by atoms with van der Waals surface area (Å²) in [6.07, 6.45) is 0.961. The number of hydrazine groups is 1. The summed E-state index contributed by atoms with van der Waals surface area (Å²) in [6, 6.07) is 6.78. The molecule has 1 amide bonds. The molecule has 1 aromatic rings. The fourth-order valence-electron chi connectivity index (χ4n) is 1.48. The lowest BCUT2D eigenvalue weighted by Crippen LogP contribution is -2.48. The number of nitrogens with one attached hydrogen (secondary N) is 3. The van der Waals surface area contributed by atoms with Crippen LogP contribution in [0.15, 0.2) is 24.3 Å². The van der Waals surface area contributed by atoms with Crippen molar-refractivity contribution in [2.24, 2.45) is 0 Å². The summed E-state index contributed by atoms with van der Waals surface area (Å²) in [5.74, 6) is 0.247. The molecule has 0 bridgehead atoms. The summed E-state index contributed by atoms with van der Waals surface area (Å²) in [7, 11) is 4.02. The van der Waals surface area contributed by atoms with Gasteiger partial charge >= 0.3 is 0 Å². The van der Waals surface area contributed by atoms with Gasteiger partial charge in [0.2, 0.25) is 0 Å². The average molecular weight is 345 g/mol. The van der Waals surface area contributed by atoms with E-state index in [0.29, 0.717) is 15.9 Å². The number of hydrogen-bond donors (Lipinski definition) is 3. The lowest BCUT2D eigenvalue weighted by molar-refractivity contribution is -0.123. The third kappa shape index (κ3) is 8.66. The first-order valence-electron chi connectivity index (χ1n) is 6.83. The molecule has 1 rings (SSSR count). The van der Waals surface area contributed by atoms with Crippen molar-refractivity contribution in [2.75, 3.05) is 33.8 Å². The van der Waals surface area contributed by atoms with Crippen LogP contribution in [0.1, 0.15) is 6.42 Å². The van der Waals surface area contributed by atoms with E-state index in [0.717, 1.165) is 19.5 Å². The van der Waals surface area contributed by atoms with Gasteiger partial charge in [-0.25, -0.2) is 0 Å². The Labute approximate surface area is 141 Å². The van der Waals surface area contributed by atoms with Gasteiger partial charge in [-0.15, -0.1) is 0 Å². The van der Waals surface area contributed by atoms with Crippen molar-refractivity contribution in [3.05, 3.63) is 29.3 Å². The van der Waals surface area contributed by atoms with Crippen LogP contribution in [0, 0.1) is 0 Å². The summed E-state index contributed by atoms with van der Waals surface area (Å²) in [4.78, 5) is 13.7. The predicted octanol–water partition coefficient (Wildman–Crippen LogP) is 1.17. The van der Waals surface area contributed by atoms with Crippen molar-refractivity contribution in [1.29, 1.82) is 0 Å². The maximum atomic E-state index is 11.6. The van der Waals surface area contributed by atoms with Crippen molar-refractivity contribution in [3.63, 3.8) is 0 Å². The van der Waals surface area contributed by atoms with E-state index in [1.54, 1.807) is 24.3 Å². The van der Waals surface area contributed by atoms with Crippen molar-refractivity contribution >= 4 is 34.8 Å². The molecule has 0 unspecified atom stereocenters. The van der Waals surface area contributed by atoms with Crippen LogP contribution in [0.4, 0.5) is 0 Å². The largest absolute Gasteiger partial charge is 0.484 e. The lowest BCUT2D eigenvalue weighted by atomic mass is 10.3. The first kappa shape index (κ1) is 18.5. The highest BCUT2D eigenvalue weighted by Gasteiger charge is 2.03. The number of ether oxygens (including phenoxy) is 1. The zero-order chi connectivity index (χ0) is 16.4. The molecule has 3 N–H and O–H groups in total. The minimum Gasteiger partial charge on any atom is -0.484 e. The summed E-state index contributed by atoms with van der Waals surface area (Å²) in [5, 5.41) is 3.99. The fourth-order valence-corrected chi connectivity index (χ4v) is 1.76. The first-order valence-corrected chi connectivity index (χ1v) is 7.62. The molecule has 22 heavy (non-hydrogen) atoms. The van der Waals surface area contributed by atoms with Gasteiger partial charge in [0.15, 0.2) is 11.7 Å². The van der Waals surface area contributed by atoms with E-state index in [-0.39, 0.29) is 12.5 Å². The van der Waals surface area contributed by atoms with Crippen LogP contribution in [0.5, 0.6) is 5.75 Å². The predicted molar refractivity (Wildman–Crippen MR) is 92.0 cm³/mol. The Hall–Kier alpha value is -1.57. The van der Waals surface area contributed by atoms with Gasteiger partial charge in [-0.3, -0.25) is 15.6 Å². The first-order chi connectivity index (χ1) is 10.5. The van der Waals surface area contributed by atoms with Crippen LogP contribution in [-0.2, 0) is 4.79 Å².